The third-order valence-electron chi connectivity index (χ3n) is 8.26. The monoisotopic (exact) mass is 792 g/mol. The van der Waals surface area contributed by atoms with E-state index in [0.717, 1.165) is 0 Å². The van der Waals surface area contributed by atoms with E-state index in [0.29, 0.717) is 22.2 Å². The number of nitrogens with two attached hydrogens (primary N) is 2. The largest absolute Gasteiger partial charge is 0.481 e. The number of hydrogen-bond donors (Lipinski definition) is 11. The molecule has 13 N–H and O–H groups in total. The first-order chi connectivity index (χ1) is 25.8. The van der Waals surface area contributed by atoms with Crippen LogP contribution in [0.25, 0.3) is 10.9 Å². The van der Waals surface area contributed by atoms with Crippen LogP contribution in [0.15, 0.2) is 30.5 Å². The Balaban J connectivity index is 2.42. The van der Waals surface area contributed by atoms with E-state index in [2.05, 4.69) is 31.6 Å². The van der Waals surface area contributed by atoms with E-state index < -0.39 is 115 Å². The van der Waals surface area contributed by atoms with Crippen molar-refractivity contribution in [3.8, 4) is 0 Å². The summed E-state index contributed by atoms with van der Waals surface area (Å²) in [4.78, 5) is 116. The van der Waals surface area contributed by atoms with Crippen LogP contribution in [0.3, 0.4) is 0 Å². The van der Waals surface area contributed by atoms with E-state index in [4.69, 9.17) is 16.6 Å². The van der Waals surface area contributed by atoms with Crippen LogP contribution >= 0.6 is 11.8 Å². The molecule has 2 rings (SSSR count). The molecule has 21 heteroatoms. The minimum Gasteiger partial charge on any atom is -0.481 e. The average Bonchev–Trinajstić information content (AvgIpc) is 3.51. The number of carboxylic acids is 3. The third kappa shape index (κ3) is 14.9. The molecule has 302 valence electrons. The van der Waals surface area contributed by atoms with Gasteiger partial charge in [-0.1, -0.05) is 32.0 Å². The minimum atomic E-state index is -1.84. The number of H-pyrrole nitrogens is 1. The Kier molecular flexibility index (Phi) is 18.1. The molecule has 55 heavy (non-hydrogen) atoms. The molecule has 6 atom stereocenters. The predicted octanol–water partition coefficient (Wildman–Crippen LogP) is -1.83. The van der Waals surface area contributed by atoms with Gasteiger partial charge in [-0.25, -0.2) is 4.79 Å². The number of thioether (sulfide) groups is 1. The average molecular weight is 793 g/mol. The fourth-order valence-electron chi connectivity index (χ4n) is 5.30. The zero-order valence-corrected chi connectivity index (χ0v) is 31.3. The molecule has 0 aliphatic rings. The first-order valence-corrected chi connectivity index (χ1v) is 18.5. The molecule has 0 radical (unpaired) electrons. The van der Waals surface area contributed by atoms with Crippen molar-refractivity contribution < 1.29 is 58.5 Å². The summed E-state index contributed by atoms with van der Waals surface area (Å²) >= 11 is 1.30. The summed E-state index contributed by atoms with van der Waals surface area (Å²) in [5.74, 6) is -10.5. The maximum atomic E-state index is 14.0. The Morgan fingerprint density at radius 3 is 1.84 bits per heavy atom. The number of hydrogen-bond acceptors (Lipinski definition) is 11. The fourth-order valence-corrected chi connectivity index (χ4v) is 5.77. The number of carboxylic acid groups (broad SMARTS) is 3. The van der Waals surface area contributed by atoms with Gasteiger partial charge in [0.15, 0.2) is 0 Å². The highest BCUT2D eigenvalue weighted by Gasteiger charge is 2.35. The molecule has 1 aromatic heterocycles. The standard InChI is InChI=1S/C34H48N8O12S/c1-16(2)28(42-29(48)19(35)8-9-26(44)45)33(52)41-22(12-17-15-37-20-7-5-4-6-18(17)20)30(49)39-23(13-25(36)43)31(50)40-24(14-27(46)47)32(51)38-21(34(53)54)10-11-55-3/h4-7,15-16,19,21-24,28,37H,8-14,35H2,1-3H3,(H2,36,43)(H,38,51)(H,39,49)(H,40,50)(H,41,52)(H,42,48)(H,44,45)(H,46,47)(H,53,54)/t19-,21-,22-,23-,24-,28-/m0/s1. The van der Waals surface area contributed by atoms with Crippen molar-refractivity contribution in [3.05, 3.63) is 36.0 Å². The summed E-state index contributed by atoms with van der Waals surface area (Å²) in [7, 11) is 0. The summed E-state index contributed by atoms with van der Waals surface area (Å²) in [6.07, 6.45) is 0.647. The van der Waals surface area contributed by atoms with Gasteiger partial charge < -0.3 is 58.4 Å². The molecular formula is C34H48N8O12S. The van der Waals surface area contributed by atoms with E-state index in [1.54, 1.807) is 50.6 Å². The maximum Gasteiger partial charge on any atom is 0.326 e. The van der Waals surface area contributed by atoms with Crippen LogP contribution in [-0.2, 0) is 49.6 Å². The van der Waals surface area contributed by atoms with E-state index in [-0.39, 0.29) is 19.3 Å². The van der Waals surface area contributed by atoms with Gasteiger partial charge in [0, 0.05) is 29.9 Å². The summed E-state index contributed by atoms with van der Waals surface area (Å²) in [5, 5.41) is 40.3. The van der Waals surface area contributed by atoms with E-state index in [9.17, 15) is 53.4 Å². The molecule has 1 aromatic carbocycles. The number of benzene rings is 1. The van der Waals surface area contributed by atoms with Crippen molar-refractivity contribution in [3.63, 3.8) is 0 Å². The number of rotatable bonds is 24. The quantitative estimate of drug-likeness (QED) is 0.0557. The Morgan fingerprint density at radius 1 is 0.727 bits per heavy atom. The van der Waals surface area contributed by atoms with Gasteiger partial charge in [0.2, 0.25) is 35.4 Å². The second-order valence-electron chi connectivity index (χ2n) is 13.0. The molecule has 1 heterocycles. The number of aromatic amines is 1. The molecule has 0 unspecified atom stereocenters. The van der Waals surface area contributed by atoms with Crippen LogP contribution in [0, 0.1) is 5.92 Å². The zero-order valence-electron chi connectivity index (χ0n) is 30.5. The molecule has 0 bridgehead atoms. The number of amides is 6. The lowest BCUT2D eigenvalue weighted by molar-refractivity contribution is -0.144. The molecule has 0 aliphatic carbocycles. The second kappa shape index (κ2) is 21.9. The van der Waals surface area contributed by atoms with Gasteiger partial charge in [-0.05, 0) is 42.4 Å². The van der Waals surface area contributed by atoms with Gasteiger partial charge in [-0.3, -0.25) is 38.4 Å². The topological polar surface area (TPSA) is 342 Å². The third-order valence-corrected chi connectivity index (χ3v) is 8.90. The van der Waals surface area contributed by atoms with Crippen LogP contribution in [0.1, 0.15) is 51.5 Å². The highest BCUT2D eigenvalue weighted by Crippen LogP contribution is 2.20. The van der Waals surface area contributed by atoms with Crippen molar-refractivity contribution in [2.75, 3.05) is 12.0 Å². The van der Waals surface area contributed by atoms with Crippen molar-refractivity contribution in [2.24, 2.45) is 17.4 Å². The highest BCUT2D eigenvalue weighted by atomic mass is 32.2. The van der Waals surface area contributed by atoms with Gasteiger partial charge in [0.05, 0.1) is 18.9 Å². The Bertz CT molecular complexity index is 1730. The van der Waals surface area contributed by atoms with Crippen molar-refractivity contribution >= 4 is 76.0 Å². The van der Waals surface area contributed by atoms with Gasteiger partial charge in [-0.2, -0.15) is 11.8 Å². The molecule has 0 saturated carbocycles. The van der Waals surface area contributed by atoms with Gasteiger partial charge in [0.1, 0.15) is 30.2 Å². The summed E-state index contributed by atoms with van der Waals surface area (Å²) in [6, 6.07) is -2.06. The summed E-state index contributed by atoms with van der Waals surface area (Å²) in [6.45, 7) is 3.20. The Labute approximate surface area is 319 Å². The number of primary amides is 1. The first kappa shape index (κ1) is 45.5. The van der Waals surface area contributed by atoms with Crippen LogP contribution < -0.4 is 38.1 Å². The highest BCUT2D eigenvalue weighted by molar-refractivity contribution is 7.98. The van der Waals surface area contributed by atoms with E-state index in [1.807, 2.05) is 0 Å². The van der Waals surface area contributed by atoms with Crippen LogP contribution in [0.5, 0.6) is 0 Å². The van der Waals surface area contributed by atoms with E-state index >= 15 is 0 Å². The van der Waals surface area contributed by atoms with Crippen LogP contribution in [-0.4, -0.2) is 122 Å². The molecule has 0 saturated heterocycles. The number of nitrogens with one attached hydrogen (secondary N) is 6. The summed E-state index contributed by atoms with van der Waals surface area (Å²) < 4.78 is 0. The van der Waals surface area contributed by atoms with Crippen LogP contribution in [0.4, 0.5) is 0 Å². The fraction of sp³-hybridized carbons (Fsp3) is 0.500. The lowest BCUT2D eigenvalue weighted by Gasteiger charge is -2.28. The Morgan fingerprint density at radius 2 is 1.29 bits per heavy atom. The lowest BCUT2D eigenvalue weighted by atomic mass is 9.99. The first-order valence-electron chi connectivity index (χ1n) is 17.1. The molecule has 0 aliphatic heterocycles. The van der Waals surface area contributed by atoms with Crippen LogP contribution in [0.2, 0.25) is 0 Å². The number of carbonyl (C=O) groups excluding carboxylic acids is 6. The molecule has 6 amide bonds. The van der Waals surface area contributed by atoms with Crippen molar-refractivity contribution in [1.29, 1.82) is 0 Å². The zero-order chi connectivity index (χ0) is 41.4. The normalized spacial score (nSPS) is 14.3. The number of fused-ring (bicyclic) bond motifs is 1. The van der Waals surface area contributed by atoms with Crippen molar-refractivity contribution in [1.82, 2.24) is 31.6 Å². The Hall–Kier alpha value is -5.70. The SMILES string of the molecule is CSCC[C@H](NC(=O)[C@H](CC(=O)O)NC(=O)[C@H](CC(N)=O)NC(=O)[C@H](Cc1c[nH]c2ccccc12)NC(=O)[C@@H](NC(=O)[C@@H](N)CCC(=O)O)C(C)C)C(=O)O. The number of aliphatic carboxylic acids is 3. The van der Waals surface area contributed by atoms with Crippen molar-refractivity contribution in [2.45, 2.75) is 88.6 Å². The molecular weight excluding hydrogens is 744 g/mol. The smallest absolute Gasteiger partial charge is 0.326 e. The van der Waals surface area contributed by atoms with E-state index in [1.165, 1.54) is 11.8 Å². The van der Waals surface area contributed by atoms with Gasteiger partial charge in [0.25, 0.3) is 0 Å². The molecule has 2 aromatic rings. The van der Waals surface area contributed by atoms with Gasteiger partial charge in [-0.15, -0.1) is 0 Å². The lowest BCUT2D eigenvalue weighted by Crippen LogP contribution is -2.60. The van der Waals surface area contributed by atoms with Gasteiger partial charge >= 0.3 is 17.9 Å². The second-order valence-corrected chi connectivity index (χ2v) is 14.0. The molecule has 0 spiro atoms. The number of carbonyl (C=O) groups is 9. The summed E-state index contributed by atoms with van der Waals surface area (Å²) in [5.41, 5.74) is 12.4. The number of para-hydroxylation sites is 1. The molecule has 0 fully saturated rings. The minimum absolute atomic E-state index is 0.0151. The predicted molar refractivity (Wildman–Crippen MR) is 198 cm³/mol. The molecule has 20 nitrogen and oxygen atoms in total. The number of aromatic nitrogens is 1. The maximum absolute atomic E-state index is 14.0.